The third kappa shape index (κ3) is 3.06. The molecule has 0 aliphatic heterocycles. The van der Waals surface area contributed by atoms with Gasteiger partial charge in [-0.05, 0) is 40.2 Å². The van der Waals surface area contributed by atoms with Crippen molar-refractivity contribution in [3.63, 3.8) is 0 Å². The van der Waals surface area contributed by atoms with Crippen LogP contribution in [0.15, 0.2) is 39.3 Å². The molecule has 6 heteroatoms. The summed E-state index contributed by atoms with van der Waals surface area (Å²) < 4.78 is 14.6. The highest BCUT2D eigenvalue weighted by molar-refractivity contribution is 9.10. The predicted octanol–water partition coefficient (Wildman–Crippen LogP) is 4.55. The Hall–Kier alpha value is -1.58. The maximum absolute atomic E-state index is 13.5. The molecule has 0 amide bonds. The third-order valence-corrected chi connectivity index (χ3v) is 3.56. The van der Waals surface area contributed by atoms with Crippen LogP contribution in [0, 0.1) is 17.1 Å². The molecular weight excluding hydrogens is 377 g/mol. The first kappa shape index (κ1) is 13.8. The Morgan fingerprint density at radius 1 is 1.16 bits per heavy atom. The van der Waals surface area contributed by atoms with Crippen molar-refractivity contribution in [2.24, 2.45) is 0 Å². The van der Waals surface area contributed by atoms with E-state index in [1.807, 2.05) is 0 Å². The Labute approximate surface area is 126 Å². The predicted molar refractivity (Wildman–Crippen MR) is 80.7 cm³/mol. The number of anilines is 3. The largest absolute Gasteiger partial charge is 0.397 e. The SMILES string of the molecule is N#Cc1ccc(Br)cc1Nc1cc(F)c(Br)cc1N. The summed E-state index contributed by atoms with van der Waals surface area (Å²) in [6, 6.07) is 9.97. The molecule has 0 heterocycles. The van der Waals surface area contributed by atoms with Crippen molar-refractivity contribution in [1.82, 2.24) is 0 Å². The molecule has 0 saturated carbocycles. The average Bonchev–Trinajstić information content (AvgIpc) is 2.36. The number of nitrogens with one attached hydrogen (secondary N) is 1. The summed E-state index contributed by atoms with van der Waals surface area (Å²) in [5.41, 5.74) is 7.62. The molecule has 0 aliphatic rings. The van der Waals surface area contributed by atoms with E-state index in [4.69, 9.17) is 11.0 Å². The maximum Gasteiger partial charge on any atom is 0.139 e. The van der Waals surface area contributed by atoms with Gasteiger partial charge in [-0.3, -0.25) is 0 Å². The van der Waals surface area contributed by atoms with Crippen LogP contribution in [-0.4, -0.2) is 0 Å². The van der Waals surface area contributed by atoms with E-state index < -0.39 is 5.82 Å². The zero-order valence-electron chi connectivity index (χ0n) is 9.55. The number of nitrogens with zero attached hydrogens (tertiary/aromatic N) is 1. The van der Waals surface area contributed by atoms with Crippen LogP contribution in [0.4, 0.5) is 21.5 Å². The van der Waals surface area contributed by atoms with Crippen LogP contribution in [0.2, 0.25) is 0 Å². The van der Waals surface area contributed by atoms with Gasteiger partial charge in [0.15, 0.2) is 0 Å². The van der Waals surface area contributed by atoms with Crippen LogP contribution in [0.25, 0.3) is 0 Å². The zero-order chi connectivity index (χ0) is 14.0. The van der Waals surface area contributed by atoms with E-state index in [2.05, 4.69) is 43.2 Å². The van der Waals surface area contributed by atoms with Crippen LogP contribution in [-0.2, 0) is 0 Å². The molecule has 0 unspecified atom stereocenters. The summed E-state index contributed by atoms with van der Waals surface area (Å²) in [6.07, 6.45) is 0. The first-order valence-corrected chi connectivity index (χ1v) is 6.81. The minimum atomic E-state index is -0.426. The molecule has 0 aromatic heterocycles. The second-order valence-corrected chi connectivity index (χ2v) is 5.55. The molecule has 0 fully saturated rings. The fourth-order valence-electron chi connectivity index (χ4n) is 1.53. The lowest BCUT2D eigenvalue weighted by Gasteiger charge is -2.12. The number of hydrogen-bond acceptors (Lipinski definition) is 3. The lowest BCUT2D eigenvalue weighted by atomic mass is 10.2. The van der Waals surface area contributed by atoms with E-state index in [1.165, 1.54) is 12.1 Å². The normalized spacial score (nSPS) is 10.0. The van der Waals surface area contributed by atoms with Crippen molar-refractivity contribution in [2.45, 2.75) is 0 Å². The molecule has 2 aromatic rings. The molecule has 96 valence electrons. The molecule has 0 saturated heterocycles. The number of nitriles is 1. The van der Waals surface area contributed by atoms with E-state index in [0.29, 0.717) is 27.1 Å². The summed E-state index contributed by atoms with van der Waals surface area (Å²) in [7, 11) is 0. The summed E-state index contributed by atoms with van der Waals surface area (Å²) >= 11 is 6.38. The van der Waals surface area contributed by atoms with Crippen LogP contribution < -0.4 is 11.1 Å². The minimum absolute atomic E-state index is 0.297. The second kappa shape index (κ2) is 5.59. The molecule has 0 bridgehead atoms. The summed E-state index contributed by atoms with van der Waals surface area (Å²) in [4.78, 5) is 0. The maximum atomic E-state index is 13.5. The average molecular weight is 385 g/mol. The second-order valence-electron chi connectivity index (χ2n) is 3.78. The fourth-order valence-corrected chi connectivity index (χ4v) is 2.26. The van der Waals surface area contributed by atoms with Crippen molar-refractivity contribution >= 4 is 48.9 Å². The molecule has 0 atom stereocenters. The Morgan fingerprint density at radius 3 is 2.58 bits per heavy atom. The summed E-state index contributed by atoms with van der Waals surface area (Å²) in [6.45, 7) is 0. The highest BCUT2D eigenvalue weighted by Crippen LogP contribution is 2.31. The Kier molecular flexibility index (Phi) is 4.08. The number of benzene rings is 2. The van der Waals surface area contributed by atoms with Gasteiger partial charge in [-0.15, -0.1) is 0 Å². The van der Waals surface area contributed by atoms with E-state index in [9.17, 15) is 4.39 Å². The standard InChI is InChI=1S/C13H8Br2FN3/c14-8-2-1-7(6-17)12(3-8)19-13-5-10(16)9(15)4-11(13)18/h1-5,19H,18H2. The first-order valence-electron chi connectivity index (χ1n) is 5.22. The monoisotopic (exact) mass is 383 g/mol. The highest BCUT2D eigenvalue weighted by Gasteiger charge is 2.09. The van der Waals surface area contributed by atoms with Gasteiger partial charge in [-0.1, -0.05) is 15.9 Å². The van der Waals surface area contributed by atoms with Crippen molar-refractivity contribution in [3.8, 4) is 6.07 Å². The van der Waals surface area contributed by atoms with E-state index >= 15 is 0 Å². The molecule has 0 spiro atoms. The van der Waals surface area contributed by atoms with Crippen molar-refractivity contribution in [3.05, 3.63) is 50.7 Å². The van der Waals surface area contributed by atoms with Gasteiger partial charge in [0.1, 0.15) is 11.9 Å². The van der Waals surface area contributed by atoms with Crippen LogP contribution in [0.5, 0.6) is 0 Å². The first-order chi connectivity index (χ1) is 9.01. The third-order valence-electron chi connectivity index (χ3n) is 2.46. The van der Waals surface area contributed by atoms with Gasteiger partial charge in [0, 0.05) is 10.5 Å². The number of rotatable bonds is 2. The lowest BCUT2D eigenvalue weighted by molar-refractivity contribution is 0.622. The van der Waals surface area contributed by atoms with E-state index in [1.54, 1.807) is 18.2 Å². The molecule has 2 aromatic carbocycles. The van der Waals surface area contributed by atoms with Gasteiger partial charge in [0.05, 0.1) is 27.1 Å². The molecular formula is C13H8Br2FN3. The topological polar surface area (TPSA) is 61.8 Å². The van der Waals surface area contributed by atoms with Gasteiger partial charge >= 0.3 is 0 Å². The van der Waals surface area contributed by atoms with Gasteiger partial charge in [-0.25, -0.2) is 4.39 Å². The Morgan fingerprint density at radius 2 is 1.89 bits per heavy atom. The van der Waals surface area contributed by atoms with Crippen molar-refractivity contribution in [2.75, 3.05) is 11.1 Å². The molecule has 19 heavy (non-hydrogen) atoms. The van der Waals surface area contributed by atoms with Gasteiger partial charge in [-0.2, -0.15) is 5.26 Å². The zero-order valence-corrected chi connectivity index (χ0v) is 12.7. The van der Waals surface area contributed by atoms with E-state index in [-0.39, 0.29) is 0 Å². The number of nitrogen functional groups attached to an aromatic ring is 1. The number of halogens is 3. The number of hydrogen-bond donors (Lipinski definition) is 2. The molecule has 3 N–H and O–H groups in total. The van der Waals surface area contributed by atoms with Crippen LogP contribution in [0.1, 0.15) is 5.56 Å². The smallest absolute Gasteiger partial charge is 0.139 e. The van der Waals surface area contributed by atoms with Crippen molar-refractivity contribution < 1.29 is 4.39 Å². The molecule has 0 radical (unpaired) electrons. The quantitative estimate of drug-likeness (QED) is 0.746. The number of nitrogens with two attached hydrogens (primary N) is 1. The summed E-state index contributed by atoms with van der Waals surface area (Å²) in [5, 5.41) is 12.0. The Bertz CT molecular complexity index is 680. The highest BCUT2D eigenvalue weighted by atomic mass is 79.9. The molecule has 2 rings (SSSR count). The van der Waals surface area contributed by atoms with E-state index in [0.717, 1.165) is 4.47 Å². The van der Waals surface area contributed by atoms with Crippen LogP contribution in [0.3, 0.4) is 0 Å². The van der Waals surface area contributed by atoms with Crippen molar-refractivity contribution in [1.29, 1.82) is 5.26 Å². The molecule has 3 nitrogen and oxygen atoms in total. The lowest BCUT2D eigenvalue weighted by Crippen LogP contribution is -1.99. The summed E-state index contributed by atoms with van der Waals surface area (Å²) in [5.74, 6) is -0.426. The minimum Gasteiger partial charge on any atom is -0.397 e. The van der Waals surface area contributed by atoms with Gasteiger partial charge in [0.2, 0.25) is 0 Å². The Balaban J connectivity index is 2.45. The van der Waals surface area contributed by atoms with Gasteiger partial charge < -0.3 is 11.1 Å². The fraction of sp³-hybridized carbons (Fsp3) is 0. The van der Waals surface area contributed by atoms with Gasteiger partial charge in [0.25, 0.3) is 0 Å². The molecule has 0 aliphatic carbocycles. The van der Waals surface area contributed by atoms with Crippen LogP contribution >= 0.6 is 31.9 Å².